The second kappa shape index (κ2) is 5.11. The van der Waals surface area contributed by atoms with Crippen LogP contribution in [-0.2, 0) is 19.4 Å². The molecule has 0 saturated heterocycles. The van der Waals surface area contributed by atoms with Crippen molar-refractivity contribution in [2.75, 3.05) is 5.32 Å². The van der Waals surface area contributed by atoms with E-state index in [1.54, 1.807) is 6.33 Å². The minimum Gasteiger partial charge on any atom is -0.364 e. The van der Waals surface area contributed by atoms with Crippen LogP contribution >= 0.6 is 11.3 Å². The number of anilines is 1. The molecule has 0 amide bonds. The van der Waals surface area contributed by atoms with Crippen molar-refractivity contribution in [3.8, 4) is 0 Å². The number of nitrogens with one attached hydrogen (secondary N) is 1. The molecule has 108 valence electrons. The van der Waals surface area contributed by atoms with Gasteiger partial charge in [-0.3, -0.25) is 0 Å². The normalized spacial score (nSPS) is 14.3. The average molecular weight is 300 g/mol. The van der Waals surface area contributed by atoms with Gasteiger partial charge in [0.2, 0.25) is 0 Å². The maximum Gasteiger partial charge on any atom is 0.138 e. The van der Waals surface area contributed by atoms with Gasteiger partial charge in [0.25, 0.3) is 0 Å². The highest BCUT2D eigenvalue weighted by molar-refractivity contribution is 7.19. The predicted molar refractivity (Wildman–Crippen MR) is 82.6 cm³/mol. The van der Waals surface area contributed by atoms with Gasteiger partial charge < -0.3 is 9.84 Å². The first-order valence-electron chi connectivity index (χ1n) is 7.22. The second-order valence-corrected chi connectivity index (χ2v) is 6.48. The summed E-state index contributed by atoms with van der Waals surface area (Å²) in [6, 6.07) is 1.94. The van der Waals surface area contributed by atoms with E-state index in [4.69, 9.17) is 4.52 Å². The number of nitrogens with zero attached hydrogens (tertiary/aromatic N) is 3. The molecule has 1 aliphatic rings. The summed E-state index contributed by atoms with van der Waals surface area (Å²) in [7, 11) is 0. The van der Waals surface area contributed by atoms with E-state index in [-0.39, 0.29) is 0 Å². The maximum atomic E-state index is 5.10. The summed E-state index contributed by atoms with van der Waals surface area (Å²) >= 11 is 1.81. The Bertz CT molecular complexity index is 792. The van der Waals surface area contributed by atoms with Crippen molar-refractivity contribution in [1.29, 1.82) is 0 Å². The molecule has 3 heterocycles. The van der Waals surface area contributed by atoms with E-state index < -0.39 is 0 Å². The van der Waals surface area contributed by atoms with Crippen molar-refractivity contribution in [1.82, 2.24) is 15.1 Å². The smallest absolute Gasteiger partial charge is 0.138 e. The van der Waals surface area contributed by atoms with Crippen LogP contribution in [0.5, 0.6) is 0 Å². The van der Waals surface area contributed by atoms with E-state index in [0.29, 0.717) is 6.54 Å². The van der Waals surface area contributed by atoms with Crippen LogP contribution in [-0.4, -0.2) is 15.1 Å². The molecule has 5 nitrogen and oxygen atoms in total. The molecule has 0 atom stereocenters. The van der Waals surface area contributed by atoms with Gasteiger partial charge in [-0.15, -0.1) is 11.3 Å². The topological polar surface area (TPSA) is 63.8 Å². The lowest BCUT2D eigenvalue weighted by Gasteiger charge is -2.12. The second-order valence-electron chi connectivity index (χ2n) is 5.40. The predicted octanol–water partition coefficient (Wildman–Crippen LogP) is 3.48. The monoisotopic (exact) mass is 300 g/mol. The number of rotatable bonds is 3. The van der Waals surface area contributed by atoms with Gasteiger partial charge in [0.15, 0.2) is 0 Å². The van der Waals surface area contributed by atoms with E-state index in [2.05, 4.69) is 20.4 Å². The Labute approximate surface area is 126 Å². The van der Waals surface area contributed by atoms with E-state index in [1.165, 1.54) is 35.1 Å². The Morgan fingerprint density at radius 1 is 1.29 bits per heavy atom. The van der Waals surface area contributed by atoms with Gasteiger partial charge >= 0.3 is 0 Å². The third kappa shape index (κ3) is 2.29. The molecule has 0 fully saturated rings. The number of thiophene rings is 1. The molecule has 3 aromatic rings. The summed E-state index contributed by atoms with van der Waals surface area (Å²) in [6.45, 7) is 2.52. The van der Waals surface area contributed by atoms with Crippen LogP contribution in [0.3, 0.4) is 0 Å². The first kappa shape index (κ1) is 12.8. The van der Waals surface area contributed by atoms with Crippen LogP contribution in [0.25, 0.3) is 10.2 Å². The molecule has 0 radical (unpaired) electrons. The zero-order chi connectivity index (χ0) is 14.2. The average Bonchev–Trinajstić information content (AvgIpc) is 3.08. The third-order valence-electron chi connectivity index (χ3n) is 3.87. The molecular weight excluding hydrogens is 284 g/mol. The Morgan fingerprint density at radius 2 is 2.19 bits per heavy atom. The van der Waals surface area contributed by atoms with Crippen LogP contribution in [0.1, 0.15) is 34.7 Å². The highest BCUT2D eigenvalue weighted by atomic mass is 32.1. The van der Waals surface area contributed by atoms with Gasteiger partial charge in [-0.1, -0.05) is 5.16 Å². The van der Waals surface area contributed by atoms with Crippen molar-refractivity contribution in [2.45, 2.75) is 39.2 Å². The minimum atomic E-state index is 0.619. The Balaban J connectivity index is 1.69. The molecule has 6 heteroatoms. The van der Waals surface area contributed by atoms with Crippen LogP contribution in [0.4, 0.5) is 5.82 Å². The van der Waals surface area contributed by atoms with Gasteiger partial charge in [-0.2, -0.15) is 0 Å². The first-order chi connectivity index (χ1) is 10.3. The molecule has 0 aromatic carbocycles. The molecule has 21 heavy (non-hydrogen) atoms. The van der Waals surface area contributed by atoms with Gasteiger partial charge in [0.05, 0.1) is 11.9 Å². The van der Waals surface area contributed by atoms with Gasteiger partial charge in [0, 0.05) is 10.9 Å². The van der Waals surface area contributed by atoms with Gasteiger partial charge in [0.1, 0.15) is 28.4 Å². The number of hydrogen-bond acceptors (Lipinski definition) is 6. The largest absolute Gasteiger partial charge is 0.364 e. The lowest BCUT2D eigenvalue weighted by Crippen LogP contribution is -2.04. The summed E-state index contributed by atoms with van der Waals surface area (Å²) in [4.78, 5) is 11.5. The third-order valence-corrected chi connectivity index (χ3v) is 5.06. The summed E-state index contributed by atoms with van der Waals surface area (Å²) in [5.41, 5.74) is 2.34. The Hall–Kier alpha value is -1.95. The highest BCUT2D eigenvalue weighted by Gasteiger charge is 2.19. The molecule has 3 aromatic heterocycles. The maximum absolute atomic E-state index is 5.10. The fraction of sp³-hybridized carbons (Fsp3) is 0.400. The summed E-state index contributed by atoms with van der Waals surface area (Å²) in [5.74, 6) is 1.74. The summed E-state index contributed by atoms with van der Waals surface area (Å²) in [6.07, 6.45) is 6.50. The van der Waals surface area contributed by atoms with Crippen molar-refractivity contribution < 1.29 is 4.52 Å². The first-order valence-corrected chi connectivity index (χ1v) is 8.04. The van der Waals surface area contributed by atoms with Gasteiger partial charge in [-0.25, -0.2) is 9.97 Å². The summed E-state index contributed by atoms with van der Waals surface area (Å²) in [5, 5.41) is 8.60. The van der Waals surface area contributed by atoms with Crippen molar-refractivity contribution in [3.63, 3.8) is 0 Å². The molecule has 1 aliphatic carbocycles. The van der Waals surface area contributed by atoms with Crippen molar-refractivity contribution in [2.24, 2.45) is 0 Å². The van der Waals surface area contributed by atoms with E-state index in [9.17, 15) is 0 Å². The number of aromatic nitrogens is 3. The molecule has 0 unspecified atom stereocenters. The highest BCUT2D eigenvalue weighted by Crippen LogP contribution is 2.38. The SMILES string of the molecule is Cc1cc(CNc2ncnc3sc4c(c23)CCCC4)no1. The molecule has 0 bridgehead atoms. The lowest BCUT2D eigenvalue weighted by molar-refractivity contribution is 0.391. The molecule has 0 aliphatic heterocycles. The van der Waals surface area contributed by atoms with Gasteiger partial charge in [-0.05, 0) is 38.2 Å². The number of fused-ring (bicyclic) bond motifs is 3. The summed E-state index contributed by atoms with van der Waals surface area (Å²) < 4.78 is 5.10. The van der Waals surface area contributed by atoms with Crippen molar-refractivity contribution >= 4 is 27.4 Å². The van der Waals surface area contributed by atoms with Crippen molar-refractivity contribution in [3.05, 3.63) is 34.3 Å². The zero-order valence-corrected chi connectivity index (χ0v) is 12.7. The fourth-order valence-electron chi connectivity index (χ4n) is 2.90. The Morgan fingerprint density at radius 3 is 3.05 bits per heavy atom. The standard InChI is InChI=1S/C15H16N4OS/c1-9-6-10(19-20-9)7-16-14-13-11-4-2-3-5-12(11)21-15(13)18-8-17-14/h6,8H,2-5,7H2,1H3,(H,16,17,18). The quantitative estimate of drug-likeness (QED) is 0.802. The zero-order valence-electron chi connectivity index (χ0n) is 11.8. The van der Waals surface area contributed by atoms with Crippen LogP contribution in [0.15, 0.2) is 16.9 Å². The van der Waals surface area contributed by atoms with Crippen LogP contribution < -0.4 is 5.32 Å². The molecule has 0 spiro atoms. The lowest BCUT2D eigenvalue weighted by atomic mass is 9.97. The molecule has 1 N–H and O–H groups in total. The molecular formula is C15H16N4OS. The van der Waals surface area contributed by atoms with E-state index in [0.717, 1.165) is 28.5 Å². The molecule has 4 rings (SSSR count). The number of aryl methyl sites for hydroxylation is 3. The van der Waals surface area contributed by atoms with Crippen LogP contribution in [0.2, 0.25) is 0 Å². The Kier molecular flexibility index (Phi) is 3.11. The molecule has 0 saturated carbocycles. The van der Waals surface area contributed by atoms with E-state index >= 15 is 0 Å². The van der Waals surface area contributed by atoms with Crippen LogP contribution in [0, 0.1) is 6.92 Å². The minimum absolute atomic E-state index is 0.619. The van der Waals surface area contributed by atoms with E-state index in [1.807, 2.05) is 24.3 Å². The fourth-order valence-corrected chi connectivity index (χ4v) is 4.13. The number of hydrogen-bond donors (Lipinski definition) is 1.